The molecule has 0 saturated carbocycles. The Labute approximate surface area is 161 Å². The SMILES string of the molecule is COC(=O)c1c(N)c2ccc(NCC(F)(F)F)nc2n(-c2ccc(N)cc2)c1=O. The summed E-state index contributed by atoms with van der Waals surface area (Å²) in [6.45, 7) is -1.31. The molecule has 3 aromatic rings. The van der Waals surface area contributed by atoms with E-state index in [-0.39, 0.29) is 22.5 Å². The Morgan fingerprint density at radius 2 is 1.83 bits per heavy atom. The molecule has 0 bridgehead atoms. The molecule has 0 aliphatic heterocycles. The number of nitrogens with two attached hydrogens (primary N) is 2. The molecular formula is C18H16F3N5O3. The molecule has 8 nitrogen and oxygen atoms in total. The number of halogens is 3. The average molecular weight is 407 g/mol. The zero-order valence-electron chi connectivity index (χ0n) is 15.1. The highest BCUT2D eigenvalue weighted by molar-refractivity contribution is 6.04. The molecule has 0 atom stereocenters. The number of hydrogen-bond donors (Lipinski definition) is 3. The Balaban J connectivity index is 2.31. The fraction of sp³-hybridized carbons (Fsp3) is 0.167. The Hall–Kier alpha value is -3.76. The molecule has 0 aliphatic rings. The van der Waals surface area contributed by atoms with E-state index in [4.69, 9.17) is 11.5 Å². The van der Waals surface area contributed by atoms with Crippen LogP contribution in [-0.2, 0) is 4.74 Å². The Bertz CT molecular complexity index is 1140. The number of esters is 1. The topological polar surface area (TPSA) is 125 Å². The normalized spacial score (nSPS) is 11.4. The van der Waals surface area contributed by atoms with E-state index in [0.717, 1.165) is 11.7 Å². The number of carbonyl (C=O) groups excluding carboxylic acids is 1. The van der Waals surface area contributed by atoms with Gasteiger partial charge in [-0.05, 0) is 36.4 Å². The number of alkyl halides is 3. The summed E-state index contributed by atoms with van der Waals surface area (Å²) in [6, 6.07) is 8.69. The summed E-state index contributed by atoms with van der Waals surface area (Å²) in [4.78, 5) is 29.3. The third-order valence-electron chi connectivity index (χ3n) is 4.07. The van der Waals surface area contributed by atoms with Crippen molar-refractivity contribution < 1.29 is 22.7 Å². The van der Waals surface area contributed by atoms with E-state index in [2.05, 4.69) is 15.0 Å². The summed E-state index contributed by atoms with van der Waals surface area (Å²) in [5, 5.41) is 2.34. The molecule has 0 unspecified atom stereocenters. The van der Waals surface area contributed by atoms with Crippen molar-refractivity contribution in [2.75, 3.05) is 30.4 Å². The van der Waals surface area contributed by atoms with Crippen molar-refractivity contribution in [3.8, 4) is 5.69 Å². The summed E-state index contributed by atoms with van der Waals surface area (Å²) >= 11 is 0. The van der Waals surface area contributed by atoms with E-state index in [1.807, 2.05) is 0 Å². The van der Waals surface area contributed by atoms with Crippen molar-refractivity contribution in [3.63, 3.8) is 0 Å². The second-order valence-electron chi connectivity index (χ2n) is 6.05. The van der Waals surface area contributed by atoms with E-state index >= 15 is 0 Å². The van der Waals surface area contributed by atoms with Crippen LogP contribution in [0.2, 0.25) is 0 Å². The number of carbonyl (C=O) groups is 1. The van der Waals surface area contributed by atoms with Gasteiger partial charge in [-0.1, -0.05) is 0 Å². The monoisotopic (exact) mass is 407 g/mol. The predicted octanol–water partition coefficient (Wildman–Crippen LogP) is 2.31. The highest BCUT2D eigenvalue weighted by atomic mass is 19.4. The van der Waals surface area contributed by atoms with Crippen molar-refractivity contribution in [2.24, 2.45) is 0 Å². The maximum absolute atomic E-state index is 13.0. The average Bonchev–Trinajstić information content (AvgIpc) is 2.67. The van der Waals surface area contributed by atoms with Crippen molar-refractivity contribution >= 4 is 34.2 Å². The fourth-order valence-corrected chi connectivity index (χ4v) is 2.74. The molecule has 1 aromatic carbocycles. The number of nitrogen functional groups attached to an aromatic ring is 2. The van der Waals surface area contributed by atoms with Gasteiger partial charge in [0.15, 0.2) is 5.65 Å². The largest absolute Gasteiger partial charge is 0.465 e. The second kappa shape index (κ2) is 7.34. The van der Waals surface area contributed by atoms with Gasteiger partial charge in [0.1, 0.15) is 17.9 Å². The van der Waals surface area contributed by atoms with Crippen LogP contribution in [0.3, 0.4) is 0 Å². The predicted molar refractivity (Wildman–Crippen MR) is 102 cm³/mol. The second-order valence-corrected chi connectivity index (χ2v) is 6.05. The Morgan fingerprint density at radius 3 is 2.41 bits per heavy atom. The summed E-state index contributed by atoms with van der Waals surface area (Å²) in [6.07, 6.45) is -4.46. The van der Waals surface area contributed by atoms with E-state index in [1.54, 1.807) is 0 Å². The first kappa shape index (κ1) is 20.0. The minimum atomic E-state index is -4.46. The highest BCUT2D eigenvalue weighted by Crippen LogP contribution is 2.26. The summed E-state index contributed by atoms with van der Waals surface area (Å²) in [5.41, 5.74) is 10.9. The van der Waals surface area contributed by atoms with Gasteiger partial charge in [-0.2, -0.15) is 13.2 Å². The van der Waals surface area contributed by atoms with Crippen LogP contribution in [0.15, 0.2) is 41.2 Å². The first-order chi connectivity index (χ1) is 13.6. The number of anilines is 3. The van der Waals surface area contributed by atoms with Crippen LogP contribution in [0.4, 0.5) is 30.4 Å². The lowest BCUT2D eigenvalue weighted by molar-refractivity contribution is -0.115. The van der Waals surface area contributed by atoms with Gasteiger partial charge < -0.3 is 21.5 Å². The van der Waals surface area contributed by atoms with Gasteiger partial charge in [0.05, 0.1) is 18.5 Å². The molecule has 0 amide bonds. The van der Waals surface area contributed by atoms with Crippen LogP contribution >= 0.6 is 0 Å². The summed E-state index contributed by atoms with van der Waals surface area (Å²) in [5.74, 6) is -1.07. The van der Waals surface area contributed by atoms with Crippen molar-refractivity contribution in [1.82, 2.24) is 9.55 Å². The van der Waals surface area contributed by atoms with Gasteiger partial charge in [0.2, 0.25) is 0 Å². The number of methoxy groups -OCH3 is 1. The molecule has 0 saturated heterocycles. The lowest BCUT2D eigenvalue weighted by Gasteiger charge is -2.16. The smallest absolute Gasteiger partial charge is 0.405 e. The van der Waals surface area contributed by atoms with E-state index < -0.39 is 29.8 Å². The van der Waals surface area contributed by atoms with Crippen LogP contribution in [-0.4, -0.2) is 35.4 Å². The van der Waals surface area contributed by atoms with Crippen LogP contribution in [0, 0.1) is 0 Å². The Kier molecular flexibility index (Phi) is 5.06. The number of aromatic nitrogens is 2. The van der Waals surface area contributed by atoms with Crippen LogP contribution < -0.4 is 22.3 Å². The van der Waals surface area contributed by atoms with Gasteiger partial charge in [-0.15, -0.1) is 0 Å². The summed E-state index contributed by atoms with van der Waals surface area (Å²) in [7, 11) is 1.10. The standard InChI is InChI=1S/C18H16F3N5O3/c1-29-17(28)13-14(23)11-6-7-12(24-8-18(19,20)21)25-15(11)26(16(13)27)10-4-2-9(22)3-5-10/h2-7H,8,22-23H2,1H3,(H,24,25). The first-order valence-electron chi connectivity index (χ1n) is 8.22. The van der Waals surface area contributed by atoms with Crippen molar-refractivity contribution in [2.45, 2.75) is 6.18 Å². The molecule has 3 rings (SSSR count). The number of ether oxygens (including phenoxy) is 1. The van der Waals surface area contributed by atoms with Crippen LogP contribution in [0.1, 0.15) is 10.4 Å². The van der Waals surface area contributed by atoms with Gasteiger partial charge in [0.25, 0.3) is 5.56 Å². The number of nitrogens with zero attached hydrogens (tertiary/aromatic N) is 2. The number of fused-ring (bicyclic) bond motifs is 1. The first-order valence-corrected chi connectivity index (χ1v) is 8.22. The van der Waals surface area contributed by atoms with Crippen LogP contribution in [0.5, 0.6) is 0 Å². The molecule has 0 radical (unpaired) electrons. The van der Waals surface area contributed by atoms with Crippen molar-refractivity contribution in [3.05, 3.63) is 52.3 Å². The quantitative estimate of drug-likeness (QED) is 0.448. The highest BCUT2D eigenvalue weighted by Gasteiger charge is 2.27. The minimum Gasteiger partial charge on any atom is -0.465 e. The van der Waals surface area contributed by atoms with E-state index in [9.17, 15) is 22.8 Å². The number of hydrogen-bond acceptors (Lipinski definition) is 7. The molecule has 29 heavy (non-hydrogen) atoms. The zero-order valence-corrected chi connectivity index (χ0v) is 15.1. The minimum absolute atomic E-state index is 0.0305. The molecule has 152 valence electrons. The lowest BCUT2D eigenvalue weighted by atomic mass is 10.1. The Morgan fingerprint density at radius 1 is 1.17 bits per heavy atom. The molecule has 2 heterocycles. The van der Waals surface area contributed by atoms with E-state index in [0.29, 0.717) is 11.4 Å². The molecule has 0 aliphatic carbocycles. The van der Waals surface area contributed by atoms with Crippen LogP contribution in [0.25, 0.3) is 16.7 Å². The van der Waals surface area contributed by atoms with Gasteiger partial charge >= 0.3 is 12.1 Å². The third-order valence-corrected chi connectivity index (χ3v) is 4.07. The van der Waals surface area contributed by atoms with Gasteiger partial charge in [-0.25, -0.2) is 9.78 Å². The third kappa shape index (κ3) is 3.93. The number of nitrogens with one attached hydrogen (secondary N) is 1. The van der Waals surface area contributed by atoms with Gasteiger partial charge in [0, 0.05) is 11.1 Å². The van der Waals surface area contributed by atoms with E-state index in [1.165, 1.54) is 36.4 Å². The van der Waals surface area contributed by atoms with Gasteiger partial charge in [-0.3, -0.25) is 9.36 Å². The number of pyridine rings is 2. The summed E-state index contributed by atoms with van der Waals surface area (Å²) < 4.78 is 43.3. The number of benzene rings is 1. The molecule has 11 heteroatoms. The maximum Gasteiger partial charge on any atom is 0.405 e. The molecule has 0 spiro atoms. The molecular weight excluding hydrogens is 391 g/mol. The lowest BCUT2D eigenvalue weighted by Crippen LogP contribution is -2.29. The number of rotatable bonds is 4. The fourth-order valence-electron chi connectivity index (χ4n) is 2.74. The zero-order chi connectivity index (χ0) is 21.3. The molecule has 2 aromatic heterocycles. The van der Waals surface area contributed by atoms with Crippen molar-refractivity contribution in [1.29, 1.82) is 0 Å². The molecule has 0 fully saturated rings. The molecule has 5 N–H and O–H groups in total. The maximum atomic E-state index is 13.0.